The van der Waals surface area contributed by atoms with Gasteiger partial charge in [0, 0.05) is 37.1 Å². The van der Waals surface area contributed by atoms with Gasteiger partial charge in [-0.2, -0.15) is 5.10 Å². The molecule has 0 radical (unpaired) electrons. The third-order valence-electron chi connectivity index (χ3n) is 6.97. The van der Waals surface area contributed by atoms with Crippen molar-refractivity contribution in [1.29, 1.82) is 0 Å². The number of piperidine rings is 1. The number of fused-ring (bicyclic) bond motifs is 1. The zero-order chi connectivity index (χ0) is 21.4. The number of benzene rings is 1. The van der Waals surface area contributed by atoms with Crippen molar-refractivity contribution in [1.82, 2.24) is 24.6 Å². The van der Waals surface area contributed by atoms with Crippen LogP contribution in [0.25, 0.3) is 11.0 Å². The number of carbonyl (C=O) groups is 1. The van der Waals surface area contributed by atoms with Crippen LogP contribution < -0.4 is 0 Å². The first-order valence-corrected chi connectivity index (χ1v) is 11.5. The number of aromatic nitrogens is 3. The first kappa shape index (κ1) is 20.2. The molecule has 31 heavy (non-hydrogen) atoms. The minimum atomic E-state index is -0.146. The van der Waals surface area contributed by atoms with Crippen LogP contribution in [0.3, 0.4) is 0 Å². The number of amides is 1. The molecule has 0 N–H and O–H groups in total. The number of aryl methyl sites for hydroxylation is 2. The average Bonchev–Trinajstić information content (AvgIpc) is 3.43. The SMILES string of the molecule is Cc1nn(C)c2nc(C3CCN(C(=O)C(c4ccccc4)N4CCCC4)CC3)ccc12. The second-order valence-electron chi connectivity index (χ2n) is 8.97. The largest absolute Gasteiger partial charge is 0.341 e. The lowest BCUT2D eigenvalue weighted by molar-refractivity contribution is -0.138. The average molecular weight is 418 g/mol. The van der Waals surface area contributed by atoms with Crippen LogP contribution in [0.2, 0.25) is 0 Å². The molecule has 2 saturated heterocycles. The predicted molar refractivity (Wildman–Crippen MR) is 122 cm³/mol. The summed E-state index contributed by atoms with van der Waals surface area (Å²) in [5.74, 6) is 0.655. The van der Waals surface area contributed by atoms with Gasteiger partial charge in [0.2, 0.25) is 5.91 Å². The summed E-state index contributed by atoms with van der Waals surface area (Å²) in [6.07, 6.45) is 4.28. The van der Waals surface area contributed by atoms with Crippen molar-refractivity contribution in [3.05, 3.63) is 59.4 Å². The summed E-state index contributed by atoms with van der Waals surface area (Å²) >= 11 is 0. The summed E-state index contributed by atoms with van der Waals surface area (Å²) in [4.78, 5) is 23.0. The van der Waals surface area contributed by atoms with Crippen molar-refractivity contribution in [2.75, 3.05) is 26.2 Å². The summed E-state index contributed by atoms with van der Waals surface area (Å²) in [6.45, 7) is 5.64. The van der Waals surface area contributed by atoms with E-state index in [0.29, 0.717) is 5.92 Å². The van der Waals surface area contributed by atoms with Crippen LogP contribution >= 0.6 is 0 Å². The second-order valence-corrected chi connectivity index (χ2v) is 8.97. The molecule has 6 heteroatoms. The molecule has 0 bridgehead atoms. The van der Waals surface area contributed by atoms with Gasteiger partial charge in [-0.1, -0.05) is 30.3 Å². The van der Waals surface area contributed by atoms with E-state index in [2.05, 4.69) is 39.2 Å². The van der Waals surface area contributed by atoms with E-state index in [0.717, 1.165) is 67.0 Å². The molecular weight excluding hydrogens is 386 g/mol. The predicted octanol–water partition coefficient (Wildman–Crippen LogP) is 3.82. The number of nitrogens with zero attached hydrogens (tertiary/aromatic N) is 5. The van der Waals surface area contributed by atoms with Gasteiger partial charge >= 0.3 is 0 Å². The molecule has 162 valence electrons. The van der Waals surface area contributed by atoms with Crippen molar-refractivity contribution in [3.63, 3.8) is 0 Å². The molecule has 2 fully saturated rings. The van der Waals surface area contributed by atoms with Gasteiger partial charge in [0.05, 0.1) is 5.69 Å². The number of carbonyl (C=O) groups excluding carboxylic acids is 1. The van der Waals surface area contributed by atoms with Gasteiger partial charge in [-0.25, -0.2) is 4.98 Å². The van der Waals surface area contributed by atoms with E-state index in [4.69, 9.17) is 4.98 Å². The molecule has 4 heterocycles. The Morgan fingerprint density at radius 3 is 2.42 bits per heavy atom. The summed E-state index contributed by atoms with van der Waals surface area (Å²) < 4.78 is 1.87. The lowest BCUT2D eigenvalue weighted by Crippen LogP contribution is -2.45. The lowest BCUT2D eigenvalue weighted by Gasteiger charge is -2.36. The highest BCUT2D eigenvalue weighted by molar-refractivity contribution is 5.83. The molecular formula is C25H31N5O. The molecule has 3 aromatic rings. The number of rotatable bonds is 4. The standard InChI is InChI=1S/C25H31N5O/c1-18-21-10-11-22(26-24(21)28(2)27-18)19-12-16-30(17-13-19)25(31)23(29-14-6-7-15-29)20-8-4-3-5-9-20/h3-5,8-11,19,23H,6-7,12-17H2,1-2H3. The molecule has 0 aliphatic carbocycles. The zero-order valence-electron chi connectivity index (χ0n) is 18.5. The Balaban J connectivity index is 1.31. The first-order valence-electron chi connectivity index (χ1n) is 11.5. The van der Waals surface area contributed by atoms with E-state index in [-0.39, 0.29) is 11.9 Å². The number of hydrogen-bond donors (Lipinski definition) is 0. The smallest absolute Gasteiger partial charge is 0.244 e. The van der Waals surface area contributed by atoms with Gasteiger partial charge in [-0.05, 0) is 63.4 Å². The summed E-state index contributed by atoms with van der Waals surface area (Å²) in [6, 6.07) is 14.5. The van der Waals surface area contributed by atoms with Gasteiger partial charge in [0.15, 0.2) is 5.65 Å². The Hall–Kier alpha value is -2.73. The van der Waals surface area contributed by atoms with Crippen molar-refractivity contribution in [2.45, 2.75) is 44.6 Å². The van der Waals surface area contributed by atoms with Crippen LogP contribution in [0.1, 0.15) is 54.6 Å². The molecule has 2 aliphatic heterocycles. The van der Waals surface area contributed by atoms with E-state index >= 15 is 0 Å². The van der Waals surface area contributed by atoms with E-state index < -0.39 is 0 Å². The van der Waals surface area contributed by atoms with E-state index in [1.54, 1.807) is 0 Å². The molecule has 1 unspecified atom stereocenters. The normalized spacial score (nSPS) is 19.2. The van der Waals surface area contributed by atoms with E-state index in [1.165, 1.54) is 12.8 Å². The van der Waals surface area contributed by atoms with Gasteiger partial charge in [0.1, 0.15) is 6.04 Å². The molecule has 2 aliphatic rings. The molecule has 5 rings (SSSR count). The van der Waals surface area contributed by atoms with E-state index in [1.807, 2.05) is 36.9 Å². The van der Waals surface area contributed by atoms with Crippen molar-refractivity contribution >= 4 is 16.9 Å². The highest BCUT2D eigenvalue weighted by atomic mass is 16.2. The third-order valence-corrected chi connectivity index (χ3v) is 6.97. The fourth-order valence-electron chi connectivity index (χ4n) is 5.26. The van der Waals surface area contributed by atoms with Crippen LogP contribution in [0, 0.1) is 6.92 Å². The maximum Gasteiger partial charge on any atom is 0.244 e. The second kappa shape index (κ2) is 8.42. The molecule has 0 saturated carbocycles. The number of likely N-dealkylation sites (tertiary alicyclic amines) is 2. The fraction of sp³-hybridized carbons (Fsp3) is 0.480. The van der Waals surface area contributed by atoms with Crippen molar-refractivity contribution in [2.24, 2.45) is 7.05 Å². The molecule has 0 spiro atoms. The Bertz CT molecular complexity index is 1060. The number of pyridine rings is 1. The maximum atomic E-state index is 13.6. The Labute approximate surface area is 183 Å². The topological polar surface area (TPSA) is 54.3 Å². The van der Waals surface area contributed by atoms with Crippen LogP contribution in [0.4, 0.5) is 0 Å². The van der Waals surface area contributed by atoms with Crippen LogP contribution in [0.15, 0.2) is 42.5 Å². The molecule has 1 atom stereocenters. The fourth-order valence-corrected chi connectivity index (χ4v) is 5.26. The Kier molecular flexibility index (Phi) is 5.48. The van der Waals surface area contributed by atoms with E-state index in [9.17, 15) is 4.79 Å². The van der Waals surface area contributed by atoms with Crippen LogP contribution in [-0.4, -0.2) is 56.7 Å². The molecule has 1 amide bonds. The van der Waals surface area contributed by atoms with Gasteiger partial charge in [-0.3, -0.25) is 14.4 Å². The molecule has 2 aromatic heterocycles. The minimum absolute atomic E-state index is 0.146. The maximum absolute atomic E-state index is 13.6. The molecule has 6 nitrogen and oxygen atoms in total. The van der Waals surface area contributed by atoms with Crippen LogP contribution in [-0.2, 0) is 11.8 Å². The molecule has 1 aromatic carbocycles. The summed E-state index contributed by atoms with van der Waals surface area (Å²) in [7, 11) is 1.95. The van der Waals surface area contributed by atoms with Crippen LogP contribution in [0.5, 0.6) is 0 Å². The Morgan fingerprint density at radius 2 is 1.71 bits per heavy atom. The quantitative estimate of drug-likeness (QED) is 0.648. The van der Waals surface area contributed by atoms with Gasteiger partial charge < -0.3 is 4.90 Å². The highest BCUT2D eigenvalue weighted by Gasteiger charge is 2.34. The highest BCUT2D eigenvalue weighted by Crippen LogP contribution is 2.32. The van der Waals surface area contributed by atoms with Crippen molar-refractivity contribution < 1.29 is 4.79 Å². The Morgan fingerprint density at radius 1 is 1.00 bits per heavy atom. The zero-order valence-corrected chi connectivity index (χ0v) is 18.5. The summed E-state index contributed by atoms with van der Waals surface area (Å²) in [5.41, 5.74) is 4.22. The van der Waals surface area contributed by atoms with Crippen molar-refractivity contribution in [3.8, 4) is 0 Å². The van der Waals surface area contributed by atoms with Gasteiger partial charge in [-0.15, -0.1) is 0 Å². The summed E-state index contributed by atoms with van der Waals surface area (Å²) in [5, 5.41) is 5.61. The monoisotopic (exact) mass is 417 g/mol. The lowest BCUT2D eigenvalue weighted by atomic mass is 9.92. The third kappa shape index (κ3) is 3.85. The number of hydrogen-bond acceptors (Lipinski definition) is 4. The minimum Gasteiger partial charge on any atom is -0.341 e. The first-order chi connectivity index (χ1) is 15.1. The van der Waals surface area contributed by atoms with Gasteiger partial charge in [0.25, 0.3) is 0 Å².